The van der Waals surface area contributed by atoms with E-state index in [-0.39, 0.29) is 17.4 Å². The highest BCUT2D eigenvalue weighted by Gasteiger charge is 2.47. The van der Waals surface area contributed by atoms with Crippen LogP contribution in [0.1, 0.15) is 78.4 Å². The smallest absolute Gasteiger partial charge is 0.394 e. The van der Waals surface area contributed by atoms with Gasteiger partial charge in [0.2, 0.25) is 0 Å². The Labute approximate surface area is 294 Å². The molecule has 0 atom stereocenters. The molecule has 0 amide bonds. The first-order chi connectivity index (χ1) is 24.5. The van der Waals surface area contributed by atoms with E-state index in [1.54, 1.807) is 12.1 Å². The zero-order valence-electron chi connectivity index (χ0n) is 31.8. The maximum atomic E-state index is 13.9. The number of para-hydroxylation sites is 3. The molecule has 50 heavy (non-hydrogen) atoms. The van der Waals surface area contributed by atoms with Gasteiger partial charge in [-0.3, -0.25) is 0 Å². The van der Waals surface area contributed by atoms with Crippen molar-refractivity contribution in [3.05, 3.63) is 119 Å². The van der Waals surface area contributed by atoms with Crippen molar-refractivity contribution in [2.45, 2.75) is 72.9 Å². The van der Waals surface area contributed by atoms with Crippen LogP contribution in [0.15, 0.2) is 101 Å². The van der Waals surface area contributed by atoms with E-state index in [4.69, 9.17) is 7.16 Å². The van der Waals surface area contributed by atoms with Gasteiger partial charge < -0.3 is 4.42 Å². The van der Waals surface area contributed by atoms with Crippen LogP contribution in [-0.2, 0) is 13.4 Å². The predicted octanol–water partition coefficient (Wildman–Crippen LogP) is 12.4. The number of rotatable bonds is 7. The Morgan fingerprint density at radius 3 is 2.04 bits per heavy atom. The predicted molar refractivity (Wildman–Crippen MR) is 199 cm³/mol. The summed E-state index contributed by atoms with van der Waals surface area (Å²) in [5.41, 5.74) is 8.41. The molecular formula is C44H44F3N2O+. The average molecular weight is 676 g/mol. The van der Waals surface area contributed by atoms with Gasteiger partial charge in [0.15, 0.2) is 16.6 Å². The summed E-state index contributed by atoms with van der Waals surface area (Å²) in [6.45, 7) is 12.7. The second-order valence-electron chi connectivity index (χ2n) is 14.6. The summed E-state index contributed by atoms with van der Waals surface area (Å²) in [4.78, 5) is 0. The second kappa shape index (κ2) is 12.2. The largest absolute Gasteiger partial charge is 0.455 e. The first-order valence-electron chi connectivity index (χ1n) is 18.2. The first kappa shape index (κ1) is 31.2. The number of hydrogen-bond acceptors (Lipinski definition) is 1. The summed E-state index contributed by atoms with van der Waals surface area (Å²) in [6.07, 6.45) is -7.34. The maximum absolute atomic E-state index is 13.9. The lowest BCUT2D eigenvalue weighted by Crippen LogP contribution is -2.34. The highest BCUT2D eigenvalue weighted by Crippen LogP contribution is 2.44. The molecule has 5 aromatic carbocycles. The number of fused-ring (bicyclic) bond motifs is 4. The lowest BCUT2D eigenvalue weighted by molar-refractivity contribution is -0.633. The molecule has 0 aliphatic carbocycles. The molecule has 0 aliphatic heterocycles. The van der Waals surface area contributed by atoms with E-state index < -0.39 is 18.0 Å². The molecule has 7 aromatic rings. The topological polar surface area (TPSA) is 21.9 Å². The molecule has 0 saturated heterocycles. The molecule has 3 nitrogen and oxygen atoms in total. The molecule has 0 spiro atoms. The zero-order valence-corrected chi connectivity index (χ0v) is 29.8. The van der Waals surface area contributed by atoms with E-state index in [0.717, 1.165) is 91.7 Å². The van der Waals surface area contributed by atoms with Crippen LogP contribution in [0.3, 0.4) is 0 Å². The number of aryl methyl sites for hydroxylation is 2. The fourth-order valence-corrected chi connectivity index (χ4v) is 7.15. The summed E-state index contributed by atoms with van der Waals surface area (Å²) in [7, 11) is 2.10. The van der Waals surface area contributed by atoms with Gasteiger partial charge in [0, 0.05) is 24.6 Å². The van der Waals surface area contributed by atoms with Crippen LogP contribution in [0, 0.1) is 12.3 Å². The minimum absolute atomic E-state index is 0.00514. The van der Waals surface area contributed by atoms with Gasteiger partial charge in [-0.15, -0.1) is 0 Å². The van der Waals surface area contributed by atoms with Crippen LogP contribution in [0.2, 0.25) is 0 Å². The van der Waals surface area contributed by atoms with Gasteiger partial charge >= 0.3 is 6.18 Å². The van der Waals surface area contributed by atoms with Crippen LogP contribution in [0.25, 0.3) is 61.2 Å². The van der Waals surface area contributed by atoms with Crippen LogP contribution in [-0.4, -0.2) is 10.7 Å². The van der Waals surface area contributed by atoms with Crippen LogP contribution < -0.4 is 4.57 Å². The van der Waals surface area contributed by atoms with Crippen molar-refractivity contribution in [3.8, 4) is 28.2 Å². The molecule has 2 aromatic heterocycles. The molecule has 0 radical (unpaired) electrons. The Balaban J connectivity index is 1.49. The standard InChI is InChI=1S/C44H44F3N2O/c1-26(2)34-23-31(30-20-18-29(19-21-30)25-43(6,7)44(45,46)47)24-35(27(3)4)40(34)49-37-15-11-10-14-36(37)48(8)42(49)39-28(5)17-22-33-32-13-9-12-16-38(32)50-41(33)39/h9-24,26-27H,25H2,1-8H3/q+1/i25D2. The highest BCUT2D eigenvalue weighted by molar-refractivity contribution is 6.09. The molecule has 0 saturated carbocycles. The minimum Gasteiger partial charge on any atom is -0.455 e. The van der Waals surface area contributed by atoms with Crippen LogP contribution in [0.5, 0.6) is 0 Å². The molecule has 7 rings (SSSR count). The van der Waals surface area contributed by atoms with Crippen LogP contribution in [0.4, 0.5) is 13.2 Å². The second-order valence-corrected chi connectivity index (χ2v) is 14.6. The molecule has 6 heteroatoms. The van der Waals surface area contributed by atoms with Gasteiger partial charge in [0.05, 0.1) is 12.5 Å². The summed E-state index contributed by atoms with van der Waals surface area (Å²) >= 11 is 0. The van der Waals surface area contributed by atoms with Crippen molar-refractivity contribution < 1.29 is 24.9 Å². The Morgan fingerprint density at radius 2 is 1.40 bits per heavy atom. The summed E-state index contributed by atoms with van der Waals surface area (Å²) in [5, 5.41) is 2.13. The van der Waals surface area contributed by atoms with Gasteiger partial charge in [-0.1, -0.05) is 108 Å². The van der Waals surface area contributed by atoms with E-state index >= 15 is 0 Å². The van der Waals surface area contributed by atoms with E-state index in [0.29, 0.717) is 0 Å². The van der Waals surface area contributed by atoms with Gasteiger partial charge in [0.25, 0.3) is 5.82 Å². The molecule has 0 fully saturated rings. The molecule has 256 valence electrons. The Bertz CT molecular complexity index is 2460. The molecule has 0 unspecified atom stereocenters. The lowest BCUT2D eigenvalue weighted by atomic mass is 9.84. The Hall–Kier alpha value is -4.84. The third-order valence-electron chi connectivity index (χ3n) is 10.0. The van der Waals surface area contributed by atoms with E-state index in [9.17, 15) is 13.2 Å². The van der Waals surface area contributed by atoms with Crippen molar-refractivity contribution in [2.75, 3.05) is 0 Å². The number of furan rings is 1. The summed E-state index contributed by atoms with van der Waals surface area (Å²) in [5.74, 6) is 1.21. The molecule has 0 aliphatic rings. The number of nitrogens with zero attached hydrogens (tertiary/aromatic N) is 2. The van der Waals surface area contributed by atoms with Crippen molar-refractivity contribution in [1.29, 1.82) is 0 Å². The SMILES string of the molecule is [2H]C([2H])(c1ccc(-c2cc(C(C)C)c(-n3c(-c4c(C)ccc5c4oc4ccccc45)[n+](C)c4ccccc43)c(C(C)C)c2)cc1)C(C)(C)C(F)(F)F. The number of imidazole rings is 1. The van der Waals surface area contributed by atoms with Crippen molar-refractivity contribution in [2.24, 2.45) is 12.5 Å². The lowest BCUT2D eigenvalue weighted by Gasteiger charge is -2.27. The Kier molecular flexibility index (Phi) is 7.60. The number of halogens is 3. The van der Waals surface area contributed by atoms with E-state index in [2.05, 4.69) is 105 Å². The van der Waals surface area contributed by atoms with Gasteiger partial charge in [0.1, 0.15) is 16.8 Å². The monoisotopic (exact) mass is 675 g/mol. The zero-order chi connectivity index (χ0) is 37.5. The van der Waals surface area contributed by atoms with Crippen LogP contribution >= 0.6 is 0 Å². The van der Waals surface area contributed by atoms with Gasteiger partial charge in [-0.2, -0.15) is 17.7 Å². The molecular weight excluding hydrogens is 629 g/mol. The summed E-state index contributed by atoms with van der Waals surface area (Å²) in [6, 6.07) is 31.7. The van der Waals surface area contributed by atoms with Gasteiger partial charge in [-0.25, -0.2) is 4.57 Å². The molecule has 0 N–H and O–H groups in total. The third kappa shape index (κ3) is 5.49. The Morgan fingerprint density at radius 1 is 0.780 bits per heavy atom. The van der Waals surface area contributed by atoms with E-state index in [1.807, 2.05) is 18.2 Å². The first-order valence-corrected chi connectivity index (χ1v) is 17.2. The molecule has 2 heterocycles. The average Bonchev–Trinajstić information content (AvgIpc) is 3.61. The molecule has 0 bridgehead atoms. The minimum atomic E-state index is -4.71. The highest BCUT2D eigenvalue weighted by atomic mass is 19.4. The number of aromatic nitrogens is 2. The normalized spacial score (nSPS) is 13.6. The fraction of sp³-hybridized carbons (Fsp3) is 0.295. The van der Waals surface area contributed by atoms with E-state index in [1.165, 1.54) is 12.1 Å². The van der Waals surface area contributed by atoms with Crippen molar-refractivity contribution in [3.63, 3.8) is 0 Å². The third-order valence-corrected chi connectivity index (χ3v) is 10.0. The number of alkyl halides is 3. The van der Waals surface area contributed by atoms with Crippen molar-refractivity contribution in [1.82, 2.24) is 4.57 Å². The maximum Gasteiger partial charge on any atom is 0.394 e. The fourth-order valence-electron chi connectivity index (χ4n) is 7.15. The number of hydrogen-bond donors (Lipinski definition) is 0. The van der Waals surface area contributed by atoms with Gasteiger partial charge in [-0.05, 0) is 77.7 Å². The quantitative estimate of drug-likeness (QED) is 0.154. The number of benzene rings is 5. The van der Waals surface area contributed by atoms with Crippen molar-refractivity contribution >= 4 is 33.0 Å². The summed E-state index contributed by atoms with van der Waals surface area (Å²) < 4.78 is 70.0.